The van der Waals surface area contributed by atoms with Crippen LogP contribution in [0, 0.1) is 5.92 Å². The lowest BCUT2D eigenvalue weighted by atomic mass is 9.85. The predicted octanol–water partition coefficient (Wildman–Crippen LogP) is 1.98. The van der Waals surface area contributed by atoms with E-state index in [1.807, 2.05) is 29.1 Å². The fraction of sp³-hybridized carbons (Fsp3) is 0.471. The maximum atomic E-state index is 12.3. The molecule has 1 aliphatic rings. The van der Waals surface area contributed by atoms with Crippen molar-refractivity contribution in [1.29, 1.82) is 0 Å². The molecule has 2 atom stereocenters. The van der Waals surface area contributed by atoms with Gasteiger partial charge in [0.15, 0.2) is 5.82 Å². The summed E-state index contributed by atoms with van der Waals surface area (Å²) in [6.07, 6.45) is 10.1. The number of hydrogen-bond acceptors (Lipinski definition) is 4. The minimum atomic E-state index is 0.0146. The molecule has 0 aromatic carbocycles. The van der Waals surface area contributed by atoms with E-state index in [0.29, 0.717) is 5.82 Å². The lowest BCUT2D eigenvalue weighted by molar-refractivity contribution is -0.120. The average molecular weight is 313 g/mol. The molecular formula is C17H23N5O. The van der Waals surface area contributed by atoms with Gasteiger partial charge in [0.05, 0.1) is 0 Å². The smallest absolute Gasteiger partial charge is 0.228 e. The van der Waals surface area contributed by atoms with Crippen LogP contribution < -0.4 is 11.1 Å². The molecule has 0 bridgehead atoms. The Balaban J connectivity index is 1.51. The van der Waals surface area contributed by atoms with Crippen molar-refractivity contribution in [2.75, 3.05) is 5.32 Å². The number of carbonyl (C=O) groups is 1. The summed E-state index contributed by atoms with van der Waals surface area (Å²) in [5.74, 6) is 0.670. The van der Waals surface area contributed by atoms with Crippen LogP contribution in [0.5, 0.6) is 0 Å². The third-order valence-electron chi connectivity index (χ3n) is 4.36. The molecule has 0 aliphatic heterocycles. The van der Waals surface area contributed by atoms with Crippen molar-refractivity contribution >= 4 is 11.7 Å². The van der Waals surface area contributed by atoms with E-state index in [1.54, 1.807) is 12.4 Å². The van der Waals surface area contributed by atoms with E-state index in [1.165, 1.54) is 5.56 Å². The van der Waals surface area contributed by atoms with Crippen LogP contribution in [0.15, 0.2) is 36.8 Å². The van der Waals surface area contributed by atoms with Gasteiger partial charge in [-0.15, -0.1) is 0 Å². The van der Waals surface area contributed by atoms with E-state index in [0.717, 1.165) is 38.6 Å². The number of hydrogen-bond donors (Lipinski definition) is 2. The molecule has 6 nitrogen and oxygen atoms in total. The first-order valence-corrected chi connectivity index (χ1v) is 8.19. The second-order valence-corrected chi connectivity index (χ2v) is 6.18. The van der Waals surface area contributed by atoms with Crippen molar-refractivity contribution in [2.45, 2.75) is 44.7 Å². The number of nitrogens with one attached hydrogen (secondary N) is 1. The zero-order valence-corrected chi connectivity index (χ0v) is 13.2. The van der Waals surface area contributed by atoms with Crippen LogP contribution in [-0.4, -0.2) is 26.7 Å². The molecule has 3 rings (SSSR count). The van der Waals surface area contributed by atoms with Gasteiger partial charge >= 0.3 is 0 Å². The highest BCUT2D eigenvalue weighted by Crippen LogP contribution is 2.24. The van der Waals surface area contributed by atoms with E-state index in [-0.39, 0.29) is 17.9 Å². The van der Waals surface area contributed by atoms with Crippen molar-refractivity contribution in [3.05, 3.63) is 42.4 Å². The quantitative estimate of drug-likeness (QED) is 0.884. The number of anilines is 1. The lowest BCUT2D eigenvalue weighted by Crippen LogP contribution is -2.34. The SMILES string of the molecule is NC1CCCC(C(=O)Nc2ccn(CCc3ccncc3)n2)C1. The molecule has 2 heterocycles. The van der Waals surface area contributed by atoms with E-state index in [4.69, 9.17) is 5.73 Å². The van der Waals surface area contributed by atoms with Gasteiger partial charge in [-0.1, -0.05) is 6.42 Å². The molecule has 6 heteroatoms. The number of nitrogens with zero attached hydrogens (tertiary/aromatic N) is 3. The number of aromatic nitrogens is 3. The Morgan fingerprint density at radius 2 is 2.13 bits per heavy atom. The summed E-state index contributed by atoms with van der Waals surface area (Å²) in [6.45, 7) is 0.772. The first-order valence-electron chi connectivity index (χ1n) is 8.19. The zero-order chi connectivity index (χ0) is 16.1. The molecule has 0 radical (unpaired) electrons. The molecule has 2 aromatic rings. The zero-order valence-electron chi connectivity index (χ0n) is 13.2. The molecule has 1 amide bonds. The van der Waals surface area contributed by atoms with Gasteiger partial charge in [-0.3, -0.25) is 14.5 Å². The van der Waals surface area contributed by atoms with Crippen molar-refractivity contribution < 1.29 is 4.79 Å². The lowest BCUT2D eigenvalue weighted by Gasteiger charge is -2.25. The maximum Gasteiger partial charge on any atom is 0.228 e. The standard InChI is InChI=1S/C17H23N5O/c18-15-3-1-2-14(12-15)17(23)20-16-7-11-22(21-16)10-6-13-4-8-19-9-5-13/h4-5,7-9,11,14-15H,1-3,6,10,12,18H2,(H,20,21,23). The fourth-order valence-electron chi connectivity index (χ4n) is 3.04. The van der Waals surface area contributed by atoms with Crippen molar-refractivity contribution in [3.8, 4) is 0 Å². The first kappa shape index (κ1) is 15.7. The van der Waals surface area contributed by atoms with Crippen LogP contribution in [0.2, 0.25) is 0 Å². The third-order valence-corrected chi connectivity index (χ3v) is 4.36. The van der Waals surface area contributed by atoms with Crippen molar-refractivity contribution in [2.24, 2.45) is 11.7 Å². The molecule has 23 heavy (non-hydrogen) atoms. The molecule has 3 N–H and O–H groups in total. The molecule has 2 unspecified atom stereocenters. The molecule has 1 fully saturated rings. The number of rotatable bonds is 5. The Labute approximate surface area is 136 Å². The Morgan fingerprint density at radius 3 is 2.91 bits per heavy atom. The minimum absolute atomic E-state index is 0.0146. The number of pyridine rings is 1. The summed E-state index contributed by atoms with van der Waals surface area (Å²) >= 11 is 0. The molecular weight excluding hydrogens is 290 g/mol. The molecule has 0 spiro atoms. The highest BCUT2D eigenvalue weighted by atomic mass is 16.2. The minimum Gasteiger partial charge on any atom is -0.328 e. The van der Waals surface area contributed by atoms with Gasteiger partial charge in [0.25, 0.3) is 0 Å². The number of carbonyl (C=O) groups excluding carboxylic acids is 1. The Morgan fingerprint density at radius 1 is 1.30 bits per heavy atom. The summed E-state index contributed by atoms with van der Waals surface area (Å²) in [6, 6.07) is 5.99. The van der Waals surface area contributed by atoms with E-state index >= 15 is 0 Å². The van der Waals surface area contributed by atoms with Gasteiger partial charge < -0.3 is 11.1 Å². The largest absolute Gasteiger partial charge is 0.328 e. The summed E-state index contributed by atoms with van der Waals surface area (Å²) < 4.78 is 1.85. The first-order chi connectivity index (χ1) is 11.2. The number of aryl methyl sites for hydroxylation is 2. The number of amides is 1. The van der Waals surface area contributed by atoms with E-state index in [9.17, 15) is 4.79 Å². The Kier molecular flexibility index (Phi) is 5.02. The molecule has 2 aromatic heterocycles. The van der Waals surface area contributed by atoms with Crippen LogP contribution in [0.1, 0.15) is 31.2 Å². The second-order valence-electron chi connectivity index (χ2n) is 6.18. The van der Waals surface area contributed by atoms with Crippen LogP contribution >= 0.6 is 0 Å². The van der Waals surface area contributed by atoms with Crippen LogP contribution in [0.3, 0.4) is 0 Å². The maximum absolute atomic E-state index is 12.3. The molecule has 1 aliphatic carbocycles. The highest BCUT2D eigenvalue weighted by Gasteiger charge is 2.25. The van der Waals surface area contributed by atoms with Gasteiger partial charge in [0.2, 0.25) is 5.91 Å². The average Bonchev–Trinajstić information content (AvgIpc) is 3.01. The van der Waals surface area contributed by atoms with Crippen LogP contribution in [-0.2, 0) is 17.8 Å². The molecule has 122 valence electrons. The van der Waals surface area contributed by atoms with Crippen LogP contribution in [0.4, 0.5) is 5.82 Å². The summed E-state index contributed by atoms with van der Waals surface area (Å²) in [7, 11) is 0. The van der Waals surface area contributed by atoms with Gasteiger partial charge in [-0.2, -0.15) is 5.10 Å². The van der Waals surface area contributed by atoms with E-state index in [2.05, 4.69) is 15.4 Å². The molecule has 1 saturated carbocycles. The normalized spacial score (nSPS) is 21.1. The predicted molar refractivity (Wildman–Crippen MR) is 88.7 cm³/mol. The highest BCUT2D eigenvalue weighted by molar-refractivity contribution is 5.91. The summed E-state index contributed by atoms with van der Waals surface area (Å²) in [5.41, 5.74) is 7.17. The van der Waals surface area contributed by atoms with Crippen molar-refractivity contribution in [1.82, 2.24) is 14.8 Å². The van der Waals surface area contributed by atoms with E-state index < -0.39 is 0 Å². The molecule has 0 saturated heterocycles. The topological polar surface area (TPSA) is 85.8 Å². The van der Waals surface area contributed by atoms with Crippen molar-refractivity contribution in [3.63, 3.8) is 0 Å². The monoisotopic (exact) mass is 313 g/mol. The Hall–Kier alpha value is -2.21. The third kappa shape index (κ3) is 4.39. The van der Waals surface area contributed by atoms with Gasteiger partial charge in [0.1, 0.15) is 0 Å². The second kappa shape index (κ2) is 7.37. The number of nitrogens with two attached hydrogens (primary N) is 1. The van der Waals surface area contributed by atoms with Crippen LogP contribution in [0.25, 0.3) is 0 Å². The van der Waals surface area contributed by atoms with Gasteiger partial charge in [-0.25, -0.2) is 0 Å². The van der Waals surface area contributed by atoms with Gasteiger partial charge in [-0.05, 0) is 43.4 Å². The summed E-state index contributed by atoms with van der Waals surface area (Å²) in [5, 5.41) is 7.33. The summed E-state index contributed by atoms with van der Waals surface area (Å²) in [4.78, 5) is 16.3. The fourth-order valence-corrected chi connectivity index (χ4v) is 3.04. The Bertz CT molecular complexity index is 639. The van der Waals surface area contributed by atoms with Gasteiger partial charge in [0, 0.05) is 43.2 Å².